The molecular formula is C21H18N6O3S. The fourth-order valence-corrected chi connectivity index (χ4v) is 3.69. The van der Waals surface area contributed by atoms with Gasteiger partial charge in [0.25, 0.3) is 5.91 Å². The number of aromatic nitrogens is 1. The van der Waals surface area contributed by atoms with Crippen LogP contribution < -0.4 is 15.5 Å². The number of rotatable bonds is 6. The van der Waals surface area contributed by atoms with Crippen molar-refractivity contribution in [2.24, 2.45) is 21.1 Å². The first kappa shape index (κ1) is 20.4. The molecule has 9 nitrogen and oxygen atoms in total. The van der Waals surface area contributed by atoms with Gasteiger partial charge in [0.15, 0.2) is 6.04 Å². The molecule has 0 spiro atoms. The Morgan fingerprint density at radius 2 is 1.87 bits per heavy atom. The summed E-state index contributed by atoms with van der Waals surface area (Å²) in [5.41, 5.74) is 8.26. The zero-order chi connectivity index (χ0) is 22.0. The summed E-state index contributed by atoms with van der Waals surface area (Å²) < 4.78 is 5.17. The van der Waals surface area contributed by atoms with Gasteiger partial charge >= 0.3 is 0 Å². The predicted molar refractivity (Wildman–Crippen MR) is 118 cm³/mol. The highest BCUT2D eigenvalue weighted by Crippen LogP contribution is 2.31. The molecule has 31 heavy (non-hydrogen) atoms. The topological polar surface area (TPSA) is 123 Å². The standard InChI is InChI=1S/C21H18N6O3S/c1-12-18(25-24-15-7-3-14(4-8-15)19(22)28)20(29)27(26-12)21-23-17(11-31-21)13-5-9-16(30-2)10-6-13/h3-11,18H,1-2H3,(H2,22,28). The maximum absolute atomic E-state index is 12.9. The highest BCUT2D eigenvalue weighted by molar-refractivity contribution is 7.14. The van der Waals surface area contributed by atoms with Gasteiger partial charge in [-0.3, -0.25) is 9.59 Å². The monoisotopic (exact) mass is 434 g/mol. The van der Waals surface area contributed by atoms with Crippen LogP contribution in [-0.4, -0.2) is 35.7 Å². The number of carbonyl (C=O) groups is 2. The summed E-state index contributed by atoms with van der Waals surface area (Å²) in [6.45, 7) is 1.72. The SMILES string of the molecule is COc1ccc(-c2csc(N3N=C(C)C(N=Nc4ccc(C(N)=O)cc4)C3=O)n2)cc1. The molecule has 4 rings (SSSR count). The van der Waals surface area contributed by atoms with E-state index in [0.717, 1.165) is 17.0 Å². The Morgan fingerprint density at radius 3 is 2.52 bits per heavy atom. The van der Waals surface area contributed by atoms with Crippen LogP contribution in [-0.2, 0) is 4.79 Å². The van der Waals surface area contributed by atoms with Crippen LogP contribution in [0, 0.1) is 0 Å². The Balaban J connectivity index is 1.50. The number of hydrogen-bond acceptors (Lipinski definition) is 8. The average molecular weight is 434 g/mol. The van der Waals surface area contributed by atoms with Crippen molar-refractivity contribution in [3.8, 4) is 17.0 Å². The Kier molecular flexibility index (Phi) is 5.54. The number of methoxy groups -OCH3 is 1. The normalized spacial score (nSPS) is 16.1. The second-order valence-electron chi connectivity index (χ2n) is 6.66. The molecule has 1 atom stereocenters. The second-order valence-corrected chi connectivity index (χ2v) is 7.50. The molecule has 1 unspecified atom stereocenters. The van der Waals surface area contributed by atoms with Gasteiger partial charge in [-0.15, -0.1) is 11.3 Å². The molecule has 2 heterocycles. The van der Waals surface area contributed by atoms with E-state index in [1.165, 1.54) is 16.3 Å². The lowest BCUT2D eigenvalue weighted by atomic mass is 10.2. The quantitative estimate of drug-likeness (QED) is 0.593. The lowest BCUT2D eigenvalue weighted by Gasteiger charge is -2.08. The number of hydrogen-bond donors (Lipinski definition) is 1. The maximum atomic E-state index is 12.9. The van der Waals surface area contributed by atoms with Crippen molar-refractivity contribution in [1.82, 2.24) is 4.98 Å². The summed E-state index contributed by atoms with van der Waals surface area (Å²) in [5, 5.41) is 16.1. The van der Waals surface area contributed by atoms with Gasteiger partial charge in [0.2, 0.25) is 11.0 Å². The molecule has 0 fully saturated rings. The van der Waals surface area contributed by atoms with Crippen LogP contribution in [0.1, 0.15) is 17.3 Å². The first-order valence-electron chi connectivity index (χ1n) is 9.26. The van der Waals surface area contributed by atoms with Gasteiger partial charge in [-0.2, -0.15) is 20.3 Å². The number of hydrazone groups is 1. The van der Waals surface area contributed by atoms with Gasteiger partial charge in [-0.1, -0.05) is 0 Å². The van der Waals surface area contributed by atoms with Gasteiger partial charge in [0, 0.05) is 16.5 Å². The highest BCUT2D eigenvalue weighted by atomic mass is 32.1. The van der Waals surface area contributed by atoms with Crippen LogP contribution in [0.2, 0.25) is 0 Å². The number of thiazole rings is 1. The van der Waals surface area contributed by atoms with E-state index >= 15 is 0 Å². The molecule has 0 saturated carbocycles. The van der Waals surface area contributed by atoms with Crippen LogP contribution in [0.4, 0.5) is 10.8 Å². The van der Waals surface area contributed by atoms with Crippen molar-refractivity contribution in [3.05, 3.63) is 59.5 Å². The van der Waals surface area contributed by atoms with E-state index in [0.29, 0.717) is 22.1 Å². The number of ether oxygens (including phenoxy) is 1. The second kappa shape index (κ2) is 8.44. The lowest BCUT2D eigenvalue weighted by molar-refractivity contribution is -0.117. The van der Waals surface area contributed by atoms with E-state index in [9.17, 15) is 9.59 Å². The molecule has 10 heteroatoms. The molecule has 0 aliphatic carbocycles. The van der Waals surface area contributed by atoms with E-state index in [2.05, 4.69) is 20.3 Å². The zero-order valence-corrected chi connectivity index (χ0v) is 17.5. The maximum Gasteiger partial charge on any atom is 0.282 e. The van der Waals surface area contributed by atoms with E-state index in [4.69, 9.17) is 10.5 Å². The molecular weight excluding hydrogens is 416 g/mol. The molecule has 1 aromatic heterocycles. The number of nitrogens with two attached hydrogens (primary N) is 1. The summed E-state index contributed by atoms with van der Waals surface area (Å²) in [7, 11) is 1.61. The zero-order valence-electron chi connectivity index (χ0n) is 16.7. The van der Waals surface area contributed by atoms with Crippen molar-refractivity contribution in [3.63, 3.8) is 0 Å². The van der Waals surface area contributed by atoms with Gasteiger partial charge in [-0.25, -0.2) is 4.98 Å². The smallest absolute Gasteiger partial charge is 0.282 e. The van der Waals surface area contributed by atoms with E-state index in [1.54, 1.807) is 38.3 Å². The first-order valence-corrected chi connectivity index (χ1v) is 10.1. The fraction of sp³-hybridized carbons (Fsp3) is 0.143. The number of primary amides is 1. The van der Waals surface area contributed by atoms with Crippen molar-refractivity contribution in [1.29, 1.82) is 0 Å². The summed E-state index contributed by atoms with van der Waals surface area (Å²) in [4.78, 5) is 28.5. The molecule has 0 radical (unpaired) electrons. The minimum atomic E-state index is -0.829. The molecule has 0 bridgehead atoms. The number of benzene rings is 2. The van der Waals surface area contributed by atoms with Crippen molar-refractivity contribution >= 4 is 39.7 Å². The Bertz CT molecular complexity index is 1180. The molecule has 1 aliphatic heterocycles. The summed E-state index contributed by atoms with van der Waals surface area (Å²) in [6.07, 6.45) is 0. The number of anilines is 1. The molecule has 0 saturated heterocycles. The Morgan fingerprint density at radius 1 is 1.16 bits per heavy atom. The third kappa shape index (κ3) is 4.19. The molecule has 2 amide bonds. The van der Waals surface area contributed by atoms with Gasteiger partial charge in [-0.05, 0) is 55.5 Å². The van der Waals surface area contributed by atoms with Crippen molar-refractivity contribution < 1.29 is 14.3 Å². The van der Waals surface area contributed by atoms with Crippen LogP contribution in [0.3, 0.4) is 0 Å². The first-order chi connectivity index (χ1) is 15.0. The van der Waals surface area contributed by atoms with Crippen LogP contribution in [0.25, 0.3) is 11.3 Å². The summed E-state index contributed by atoms with van der Waals surface area (Å²) in [5.74, 6) is -0.0946. The number of carbonyl (C=O) groups excluding carboxylic acids is 2. The van der Waals surface area contributed by atoms with Crippen molar-refractivity contribution in [2.75, 3.05) is 12.1 Å². The lowest BCUT2D eigenvalue weighted by Crippen LogP contribution is -2.29. The number of amides is 2. The van der Waals surface area contributed by atoms with Gasteiger partial charge < -0.3 is 10.5 Å². The third-order valence-corrected chi connectivity index (χ3v) is 5.41. The Hall–Kier alpha value is -3.92. The minimum absolute atomic E-state index is 0.328. The molecule has 2 aromatic carbocycles. The van der Waals surface area contributed by atoms with E-state index in [-0.39, 0.29) is 5.91 Å². The van der Waals surface area contributed by atoms with Crippen LogP contribution in [0.15, 0.2) is 69.2 Å². The van der Waals surface area contributed by atoms with E-state index in [1.807, 2.05) is 29.6 Å². The molecule has 3 aromatic rings. The molecule has 1 aliphatic rings. The van der Waals surface area contributed by atoms with E-state index < -0.39 is 11.9 Å². The fourth-order valence-electron chi connectivity index (χ4n) is 2.90. The third-order valence-electron chi connectivity index (χ3n) is 4.60. The highest BCUT2D eigenvalue weighted by Gasteiger charge is 2.36. The predicted octanol–water partition coefficient (Wildman–Crippen LogP) is 3.79. The summed E-state index contributed by atoms with van der Waals surface area (Å²) in [6, 6.07) is 13.0. The summed E-state index contributed by atoms with van der Waals surface area (Å²) >= 11 is 1.32. The minimum Gasteiger partial charge on any atom is -0.497 e. The Labute approximate surface area is 181 Å². The molecule has 156 valence electrons. The number of nitrogens with zero attached hydrogens (tertiary/aromatic N) is 5. The number of azo groups is 1. The van der Waals surface area contributed by atoms with Gasteiger partial charge in [0.05, 0.1) is 24.2 Å². The van der Waals surface area contributed by atoms with Gasteiger partial charge in [0.1, 0.15) is 5.75 Å². The molecule has 2 N–H and O–H groups in total. The van der Waals surface area contributed by atoms with Crippen LogP contribution in [0.5, 0.6) is 5.75 Å². The van der Waals surface area contributed by atoms with Crippen LogP contribution >= 0.6 is 11.3 Å². The largest absolute Gasteiger partial charge is 0.497 e. The average Bonchev–Trinajstić information content (AvgIpc) is 3.37. The van der Waals surface area contributed by atoms with Crippen molar-refractivity contribution in [2.45, 2.75) is 13.0 Å².